The Kier molecular flexibility index (Phi) is 5.59. The van der Waals surface area contributed by atoms with Crippen molar-refractivity contribution in [2.24, 2.45) is 0 Å². The first-order valence-electron chi connectivity index (χ1n) is 9.06. The van der Waals surface area contributed by atoms with Crippen LogP contribution in [0.15, 0.2) is 42.7 Å². The van der Waals surface area contributed by atoms with E-state index in [0.29, 0.717) is 17.9 Å². The first kappa shape index (κ1) is 18.7. The summed E-state index contributed by atoms with van der Waals surface area (Å²) in [5, 5.41) is 11.2. The molecule has 0 spiro atoms. The largest absolute Gasteiger partial charge is 0.318 e. The Morgan fingerprint density at radius 1 is 1.04 bits per heavy atom. The van der Waals surface area contributed by atoms with Gasteiger partial charge in [-0.05, 0) is 11.5 Å². The second-order valence-corrected chi connectivity index (χ2v) is 7.06. The van der Waals surface area contributed by atoms with Gasteiger partial charge in [0.1, 0.15) is 5.82 Å². The van der Waals surface area contributed by atoms with Gasteiger partial charge >= 0.3 is 0 Å². The van der Waals surface area contributed by atoms with Gasteiger partial charge in [0.2, 0.25) is 0 Å². The van der Waals surface area contributed by atoms with E-state index in [9.17, 15) is 4.79 Å². The maximum absolute atomic E-state index is 12.7. The van der Waals surface area contributed by atoms with Crippen molar-refractivity contribution in [2.75, 3.05) is 5.32 Å². The van der Waals surface area contributed by atoms with E-state index >= 15 is 0 Å². The summed E-state index contributed by atoms with van der Waals surface area (Å²) < 4.78 is 1.78. The Morgan fingerprint density at radius 3 is 2.30 bits per heavy atom. The summed E-state index contributed by atoms with van der Waals surface area (Å²) in [4.78, 5) is 21.3. The Hall–Kier alpha value is -3.09. The molecule has 7 nitrogen and oxygen atoms in total. The fraction of sp³-hybridized carbons (Fsp3) is 0.350. The van der Waals surface area contributed by atoms with Gasteiger partial charge in [-0.25, -0.2) is 14.6 Å². The first-order chi connectivity index (χ1) is 13.0. The smallest absolute Gasteiger partial charge is 0.278 e. The first-order valence-corrected chi connectivity index (χ1v) is 9.06. The van der Waals surface area contributed by atoms with Crippen LogP contribution >= 0.6 is 0 Å². The average Bonchev–Trinajstić information content (AvgIpc) is 3.07. The zero-order valence-electron chi connectivity index (χ0n) is 16.0. The topological polar surface area (TPSA) is 85.6 Å². The van der Waals surface area contributed by atoms with Crippen molar-refractivity contribution in [3.8, 4) is 0 Å². The van der Waals surface area contributed by atoms with Gasteiger partial charge < -0.3 is 5.32 Å². The molecule has 140 valence electrons. The zero-order chi connectivity index (χ0) is 19.4. The van der Waals surface area contributed by atoms with Gasteiger partial charge in [0.15, 0.2) is 5.69 Å². The highest BCUT2D eigenvalue weighted by molar-refractivity contribution is 6.03. The maximum atomic E-state index is 12.7. The highest BCUT2D eigenvalue weighted by atomic mass is 16.2. The summed E-state index contributed by atoms with van der Waals surface area (Å²) in [6, 6.07) is 9.99. The van der Waals surface area contributed by atoms with Gasteiger partial charge in [0, 0.05) is 5.92 Å². The summed E-state index contributed by atoms with van der Waals surface area (Å²) in [7, 11) is 0. The quantitative estimate of drug-likeness (QED) is 0.722. The van der Waals surface area contributed by atoms with Gasteiger partial charge in [-0.1, -0.05) is 63.2 Å². The molecule has 0 saturated heterocycles. The average molecular weight is 364 g/mol. The molecule has 0 unspecified atom stereocenters. The van der Waals surface area contributed by atoms with Crippen molar-refractivity contribution < 1.29 is 4.79 Å². The number of nitrogens with one attached hydrogen (secondary N) is 1. The molecule has 3 aromatic rings. The van der Waals surface area contributed by atoms with Crippen molar-refractivity contribution in [1.29, 1.82) is 0 Å². The van der Waals surface area contributed by atoms with E-state index in [1.54, 1.807) is 17.1 Å². The minimum Gasteiger partial charge on any atom is -0.318 e. The Morgan fingerprint density at radius 2 is 1.70 bits per heavy atom. The summed E-state index contributed by atoms with van der Waals surface area (Å²) in [5.74, 6) is 0.771. The summed E-state index contributed by atoms with van der Waals surface area (Å²) in [5.41, 5.74) is 2.77. The number of nitrogens with zero attached hydrogens (tertiary/aromatic N) is 5. The van der Waals surface area contributed by atoms with Gasteiger partial charge in [-0.2, -0.15) is 0 Å². The Bertz CT molecular complexity index is 900. The second kappa shape index (κ2) is 8.07. The van der Waals surface area contributed by atoms with E-state index in [-0.39, 0.29) is 17.7 Å². The number of rotatable bonds is 6. The molecule has 0 bridgehead atoms. The van der Waals surface area contributed by atoms with E-state index in [2.05, 4.69) is 25.6 Å². The second-order valence-electron chi connectivity index (χ2n) is 7.06. The third-order valence-electron chi connectivity index (χ3n) is 4.16. The van der Waals surface area contributed by atoms with Crippen LogP contribution in [0.5, 0.6) is 0 Å². The number of aromatic nitrogens is 5. The lowest BCUT2D eigenvalue weighted by atomic mass is 10.1. The number of hydrogen-bond acceptors (Lipinski definition) is 5. The van der Waals surface area contributed by atoms with E-state index in [4.69, 9.17) is 0 Å². The number of carbonyl (C=O) groups is 1. The summed E-state index contributed by atoms with van der Waals surface area (Å²) in [6.07, 6.45) is 3.23. The van der Waals surface area contributed by atoms with Crippen LogP contribution in [0.3, 0.4) is 0 Å². The standard InChI is InChI=1S/C20H24N6O/c1-13(2)18-17(24-25-26(18)12-15-8-6-5-7-9-15)20(27)23-16-10-21-19(14(3)4)22-11-16/h5-11,13-14H,12H2,1-4H3,(H,23,27). The van der Waals surface area contributed by atoms with Crippen molar-refractivity contribution in [2.45, 2.75) is 46.1 Å². The van der Waals surface area contributed by atoms with Gasteiger partial charge in [-0.3, -0.25) is 4.79 Å². The van der Waals surface area contributed by atoms with Gasteiger partial charge in [-0.15, -0.1) is 5.10 Å². The van der Waals surface area contributed by atoms with Crippen LogP contribution < -0.4 is 5.32 Å². The fourth-order valence-corrected chi connectivity index (χ4v) is 2.82. The molecule has 1 amide bonds. The molecule has 0 aliphatic carbocycles. The Labute approximate surface area is 158 Å². The third kappa shape index (κ3) is 4.36. The number of amides is 1. The molecule has 0 aliphatic heterocycles. The Balaban J connectivity index is 1.82. The SMILES string of the molecule is CC(C)c1ncc(NC(=O)c2nnn(Cc3ccccc3)c2C(C)C)cn1. The van der Waals surface area contributed by atoms with Crippen LogP contribution in [0.2, 0.25) is 0 Å². The normalized spacial score (nSPS) is 11.2. The predicted molar refractivity (Wildman–Crippen MR) is 104 cm³/mol. The monoisotopic (exact) mass is 364 g/mol. The van der Waals surface area contributed by atoms with Gasteiger partial charge in [0.25, 0.3) is 5.91 Å². The van der Waals surface area contributed by atoms with Crippen molar-refractivity contribution >= 4 is 11.6 Å². The summed E-state index contributed by atoms with van der Waals surface area (Å²) >= 11 is 0. The molecule has 0 fully saturated rings. The summed E-state index contributed by atoms with van der Waals surface area (Å²) in [6.45, 7) is 8.66. The maximum Gasteiger partial charge on any atom is 0.278 e. The number of carbonyl (C=O) groups excluding carboxylic acids is 1. The molecular weight excluding hydrogens is 340 g/mol. The molecule has 7 heteroatoms. The van der Waals surface area contributed by atoms with Gasteiger partial charge in [0.05, 0.1) is 30.3 Å². The highest BCUT2D eigenvalue weighted by Crippen LogP contribution is 2.20. The number of hydrogen-bond donors (Lipinski definition) is 1. The van der Waals surface area contributed by atoms with Crippen LogP contribution in [0.4, 0.5) is 5.69 Å². The van der Waals surface area contributed by atoms with Crippen LogP contribution in [-0.4, -0.2) is 30.9 Å². The zero-order valence-corrected chi connectivity index (χ0v) is 16.0. The van der Waals surface area contributed by atoms with Crippen molar-refractivity contribution in [3.05, 3.63) is 65.5 Å². The lowest BCUT2D eigenvalue weighted by Crippen LogP contribution is -2.17. The van der Waals surface area contributed by atoms with Crippen LogP contribution in [0, 0.1) is 0 Å². The predicted octanol–water partition coefficient (Wildman–Crippen LogP) is 3.62. The number of anilines is 1. The van der Waals surface area contributed by atoms with E-state index < -0.39 is 0 Å². The molecule has 1 N–H and O–H groups in total. The molecule has 3 rings (SSSR count). The minimum absolute atomic E-state index is 0.101. The van der Waals surface area contributed by atoms with E-state index in [0.717, 1.165) is 17.1 Å². The van der Waals surface area contributed by atoms with Crippen LogP contribution in [0.1, 0.15) is 67.1 Å². The van der Waals surface area contributed by atoms with Crippen molar-refractivity contribution in [1.82, 2.24) is 25.0 Å². The lowest BCUT2D eigenvalue weighted by Gasteiger charge is -2.11. The molecule has 2 aromatic heterocycles. The fourth-order valence-electron chi connectivity index (χ4n) is 2.82. The van der Waals surface area contributed by atoms with E-state index in [1.165, 1.54) is 0 Å². The molecule has 0 aliphatic rings. The lowest BCUT2D eigenvalue weighted by molar-refractivity contribution is 0.102. The number of benzene rings is 1. The molecule has 0 saturated carbocycles. The van der Waals surface area contributed by atoms with Crippen LogP contribution in [-0.2, 0) is 6.54 Å². The van der Waals surface area contributed by atoms with Crippen LogP contribution in [0.25, 0.3) is 0 Å². The molecule has 1 aromatic carbocycles. The molecule has 2 heterocycles. The molecular formula is C20H24N6O. The molecule has 0 radical (unpaired) electrons. The minimum atomic E-state index is -0.307. The van der Waals surface area contributed by atoms with Crippen molar-refractivity contribution in [3.63, 3.8) is 0 Å². The highest BCUT2D eigenvalue weighted by Gasteiger charge is 2.22. The van der Waals surface area contributed by atoms with E-state index in [1.807, 2.05) is 58.0 Å². The molecule has 27 heavy (non-hydrogen) atoms. The third-order valence-corrected chi connectivity index (χ3v) is 4.16. The molecule has 0 atom stereocenters.